The van der Waals surface area contributed by atoms with E-state index in [1.807, 2.05) is 0 Å². The summed E-state index contributed by atoms with van der Waals surface area (Å²) in [5.74, 6) is -1.73. The normalized spacial score (nSPS) is 21.6. The van der Waals surface area contributed by atoms with E-state index in [0.717, 1.165) is 11.0 Å². The molecule has 5 nitrogen and oxygen atoms in total. The second kappa shape index (κ2) is 4.81. The van der Waals surface area contributed by atoms with Crippen molar-refractivity contribution >= 4 is 51.9 Å². The fraction of sp³-hybridized carbons (Fsp3) is 0.231. The molecule has 1 unspecified atom stereocenters. The number of nitrogens with two attached hydrogens (primary N) is 1. The molecular weight excluding hydrogens is 313 g/mol. The van der Waals surface area contributed by atoms with E-state index < -0.39 is 23.7 Å². The molecule has 2 aliphatic rings. The van der Waals surface area contributed by atoms with Crippen molar-refractivity contribution in [1.29, 1.82) is 0 Å². The second-order valence-corrected chi connectivity index (χ2v) is 5.71. The van der Waals surface area contributed by atoms with E-state index in [0.29, 0.717) is 17.8 Å². The number of rotatable bonds is 1. The first kappa shape index (κ1) is 14.0. The molecular formula is C13H10FN3O2S2. The van der Waals surface area contributed by atoms with Gasteiger partial charge in [-0.05, 0) is 18.6 Å². The van der Waals surface area contributed by atoms with E-state index in [1.54, 1.807) is 0 Å². The minimum absolute atomic E-state index is 0.0833. The maximum absolute atomic E-state index is 13.9. The monoisotopic (exact) mass is 323 g/mol. The van der Waals surface area contributed by atoms with E-state index in [4.69, 9.17) is 30.2 Å². The standard InChI is InChI=1S/C13H10FN3O2S2/c14-5-1-2-6(15)10-9(5)12(19)17(13(10)21)7-3-4-8(20)16-11(7)18/h1-2,7H,3-4,15H2,(H,16,18,20). The van der Waals surface area contributed by atoms with Gasteiger partial charge in [0.2, 0.25) is 5.91 Å². The lowest BCUT2D eigenvalue weighted by molar-refractivity contribution is -0.123. The molecule has 1 saturated heterocycles. The molecule has 0 saturated carbocycles. The van der Waals surface area contributed by atoms with E-state index in [9.17, 15) is 14.0 Å². The number of hydrogen-bond donors (Lipinski definition) is 2. The van der Waals surface area contributed by atoms with E-state index in [2.05, 4.69) is 5.32 Å². The summed E-state index contributed by atoms with van der Waals surface area (Å²) in [5.41, 5.74) is 6.03. The average Bonchev–Trinajstić information content (AvgIpc) is 2.68. The predicted octanol–water partition coefficient (Wildman–Crippen LogP) is 1.15. The van der Waals surface area contributed by atoms with Crippen molar-refractivity contribution in [3.8, 4) is 0 Å². The predicted molar refractivity (Wildman–Crippen MR) is 82.4 cm³/mol. The van der Waals surface area contributed by atoms with E-state index in [-0.39, 0.29) is 21.8 Å². The number of nitrogen functional groups attached to an aromatic ring is 1. The van der Waals surface area contributed by atoms with Gasteiger partial charge in [-0.25, -0.2) is 4.39 Å². The van der Waals surface area contributed by atoms with Crippen LogP contribution in [0, 0.1) is 5.82 Å². The van der Waals surface area contributed by atoms with Gasteiger partial charge in [-0.3, -0.25) is 14.5 Å². The highest BCUT2D eigenvalue weighted by Gasteiger charge is 2.44. The van der Waals surface area contributed by atoms with Crippen LogP contribution in [0.25, 0.3) is 0 Å². The van der Waals surface area contributed by atoms with Gasteiger partial charge in [-0.1, -0.05) is 24.4 Å². The number of benzene rings is 1. The quantitative estimate of drug-likeness (QED) is 0.599. The first-order chi connectivity index (χ1) is 9.91. The Morgan fingerprint density at radius 2 is 2.00 bits per heavy atom. The summed E-state index contributed by atoms with van der Waals surface area (Å²) >= 11 is 10.2. The van der Waals surface area contributed by atoms with Gasteiger partial charge in [-0.15, -0.1) is 0 Å². The fourth-order valence-electron chi connectivity index (χ4n) is 2.58. The van der Waals surface area contributed by atoms with Gasteiger partial charge in [0, 0.05) is 17.7 Å². The third kappa shape index (κ3) is 2.02. The van der Waals surface area contributed by atoms with Gasteiger partial charge < -0.3 is 11.1 Å². The largest absolute Gasteiger partial charge is 0.398 e. The molecule has 0 aliphatic carbocycles. The molecule has 2 amide bonds. The maximum Gasteiger partial charge on any atom is 0.263 e. The number of carbonyl (C=O) groups is 2. The van der Waals surface area contributed by atoms with Gasteiger partial charge in [0.15, 0.2) is 0 Å². The first-order valence-corrected chi connectivity index (χ1v) is 7.03. The number of carbonyl (C=O) groups excluding carboxylic acids is 2. The maximum atomic E-state index is 13.9. The summed E-state index contributed by atoms with van der Waals surface area (Å²) in [6, 6.07) is 1.68. The summed E-state index contributed by atoms with van der Waals surface area (Å²) in [6.45, 7) is 0. The number of hydrogen-bond acceptors (Lipinski definition) is 5. The van der Waals surface area contributed by atoms with Gasteiger partial charge in [0.1, 0.15) is 16.8 Å². The highest BCUT2D eigenvalue weighted by molar-refractivity contribution is 7.81. The Balaban J connectivity index is 2.05. The van der Waals surface area contributed by atoms with Crippen LogP contribution < -0.4 is 11.1 Å². The average molecular weight is 323 g/mol. The Bertz CT molecular complexity index is 679. The summed E-state index contributed by atoms with van der Waals surface area (Å²) in [7, 11) is 0. The Morgan fingerprint density at radius 1 is 1.29 bits per heavy atom. The number of nitrogens with one attached hydrogen (secondary N) is 1. The molecule has 108 valence electrons. The number of halogens is 1. The third-order valence-electron chi connectivity index (χ3n) is 3.57. The zero-order valence-corrected chi connectivity index (χ0v) is 12.3. The number of fused-ring (bicyclic) bond motifs is 1. The second-order valence-electron chi connectivity index (χ2n) is 4.83. The smallest absolute Gasteiger partial charge is 0.263 e. The van der Waals surface area contributed by atoms with Crippen LogP contribution in [0.5, 0.6) is 0 Å². The van der Waals surface area contributed by atoms with Gasteiger partial charge in [-0.2, -0.15) is 0 Å². The fourth-order valence-corrected chi connectivity index (χ4v) is 3.23. The van der Waals surface area contributed by atoms with Crippen molar-refractivity contribution in [2.24, 2.45) is 0 Å². The molecule has 2 aliphatic heterocycles. The molecule has 1 aromatic rings. The molecule has 2 heterocycles. The van der Waals surface area contributed by atoms with Crippen LogP contribution in [0.1, 0.15) is 28.8 Å². The topological polar surface area (TPSA) is 75.4 Å². The molecule has 0 radical (unpaired) electrons. The Hall–Kier alpha value is -1.93. The minimum Gasteiger partial charge on any atom is -0.398 e. The lowest BCUT2D eigenvalue weighted by Gasteiger charge is -2.30. The van der Waals surface area contributed by atoms with Crippen LogP contribution in [0.15, 0.2) is 12.1 Å². The Morgan fingerprint density at radius 3 is 2.62 bits per heavy atom. The molecule has 3 N–H and O–H groups in total. The van der Waals surface area contributed by atoms with Crippen molar-refractivity contribution in [2.75, 3.05) is 5.73 Å². The summed E-state index contributed by atoms with van der Waals surface area (Å²) in [6.07, 6.45) is 0.818. The summed E-state index contributed by atoms with van der Waals surface area (Å²) in [4.78, 5) is 26.1. The molecule has 0 bridgehead atoms. The SMILES string of the molecule is Nc1ccc(F)c2c1C(=S)N(C1CCC(=S)NC1=O)C2=O. The van der Waals surface area contributed by atoms with Crippen LogP contribution in [0.4, 0.5) is 10.1 Å². The first-order valence-electron chi connectivity index (χ1n) is 6.21. The number of piperidine rings is 1. The highest BCUT2D eigenvalue weighted by atomic mass is 32.1. The van der Waals surface area contributed by atoms with E-state index in [1.165, 1.54) is 6.07 Å². The van der Waals surface area contributed by atoms with Crippen molar-refractivity contribution < 1.29 is 14.0 Å². The van der Waals surface area contributed by atoms with Crippen molar-refractivity contribution in [2.45, 2.75) is 18.9 Å². The molecule has 1 fully saturated rings. The highest BCUT2D eigenvalue weighted by Crippen LogP contribution is 2.33. The minimum atomic E-state index is -0.789. The number of nitrogens with zero attached hydrogens (tertiary/aromatic N) is 1. The third-order valence-corrected chi connectivity index (χ3v) is 4.28. The Kier molecular flexibility index (Phi) is 3.22. The van der Waals surface area contributed by atoms with Gasteiger partial charge >= 0.3 is 0 Å². The summed E-state index contributed by atoms with van der Waals surface area (Å²) in [5, 5.41) is 2.52. The number of thiocarbonyl (C=S) groups is 2. The number of anilines is 1. The molecule has 0 aromatic heterocycles. The lowest BCUT2D eigenvalue weighted by Crippen LogP contribution is -2.53. The van der Waals surface area contributed by atoms with Crippen molar-refractivity contribution in [3.05, 3.63) is 29.1 Å². The van der Waals surface area contributed by atoms with Crippen molar-refractivity contribution in [1.82, 2.24) is 10.2 Å². The molecule has 3 rings (SSSR count). The summed E-state index contributed by atoms with van der Waals surface area (Å²) < 4.78 is 13.9. The van der Waals surface area contributed by atoms with Crippen LogP contribution in [-0.4, -0.2) is 32.7 Å². The molecule has 1 atom stereocenters. The number of amides is 2. The Labute approximate surface area is 130 Å². The lowest BCUT2D eigenvalue weighted by atomic mass is 10.1. The molecule has 1 aromatic carbocycles. The van der Waals surface area contributed by atoms with Crippen LogP contribution in [0.3, 0.4) is 0 Å². The van der Waals surface area contributed by atoms with Crippen molar-refractivity contribution in [3.63, 3.8) is 0 Å². The van der Waals surface area contributed by atoms with E-state index >= 15 is 0 Å². The molecule has 0 spiro atoms. The molecule has 8 heteroatoms. The zero-order chi connectivity index (χ0) is 15.3. The van der Waals surface area contributed by atoms with Crippen LogP contribution >= 0.6 is 24.4 Å². The van der Waals surface area contributed by atoms with Gasteiger partial charge in [0.05, 0.1) is 10.6 Å². The van der Waals surface area contributed by atoms with Crippen LogP contribution in [-0.2, 0) is 4.79 Å². The zero-order valence-electron chi connectivity index (χ0n) is 10.7. The molecule has 21 heavy (non-hydrogen) atoms. The van der Waals surface area contributed by atoms with Gasteiger partial charge in [0.25, 0.3) is 5.91 Å². The van der Waals surface area contributed by atoms with Crippen LogP contribution in [0.2, 0.25) is 0 Å².